The van der Waals surface area contributed by atoms with Gasteiger partial charge in [0.1, 0.15) is 5.75 Å². The van der Waals surface area contributed by atoms with E-state index in [1.54, 1.807) is 18.4 Å². The van der Waals surface area contributed by atoms with Gasteiger partial charge in [0.05, 0.1) is 24.2 Å². The van der Waals surface area contributed by atoms with Crippen LogP contribution in [-0.4, -0.2) is 16.5 Å². The normalized spacial score (nSPS) is 11.1. The third-order valence-corrected chi connectivity index (χ3v) is 4.89. The highest BCUT2D eigenvalue weighted by Crippen LogP contribution is 2.33. The molecule has 5 heteroatoms. The molecule has 4 aromatic rings. The van der Waals surface area contributed by atoms with Gasteiger partial charge in [-0.3, -0.25) is 4.40 Å². The molecule has 0 bridgehead atoms. The first kappa shape index (κ1) is 14.9. The van der Waals surface area contributed by atoms with Gasteiger partial charge in [0.25, 0.3) is 0 Å². The number of thiazole rings is 1. The van der Waals surface area contributed by atoms with E-state index in [-0.39, 0.29) is 0 Å². The Bertz CT molecular complexity index is 988. The minimum Gasteiger partial charge on any atom is -0.497 e. The molecule has 2 N–H and O–H groups in total. The maximum Gasteiger partial charge on any atom is 0.195 e. The van der Waals surface area contributed by atoms with Gasteiger partial charge in [-0.1, -0.05) is 42.5 Å². The standard InChI is InChI=1S/C19H17N3OS/c1-23-15-9-5-8-14(10-15)17-12-24-19-21-18(16(11-20)22(17)19)13-6-3-2-4-7-13/h2-10,12H,11,20H2,1H3. The molecule has 0 aliphatic carbocycles. The summed E-state index contributed by atoms with van der Waals surface area (Å²) < 4.78 is 7.50. The molecule has 0 fully saturated rings. The molecule has 0 spiro atoms. The topological polar surface area (TPSA) is 52.5 Å². The van der Waals surface area contributed by atoms with Crippen molar-refractivity contribution in [3.8, 4) is 28.3 Å². The number of ether oxygens (including phenoxy) is 1. The van der Waals surface area contributed by atoms with Crippen LogP contribution < -0.4 is 10.5 Å². The number of hydrogen-bond donors (Lipinski definition) is 1. The van der Waals surface area contributed by atoms with Crippen LogP contribution in [0.5, 0.6) is 5.75 Å². The molecule has 0 saturated carbocycles. The number of aromatic nitrogens is 2. The van der Waals surface area contributed by atoms with Crippen molar-refractivity contribution < 1.29 is 4.74 Å². The summed E-state index contributed by atoms with van der Waals surface area (Å²) >= 11 is 1.62. The predicted molar refractivity (Wildman–Crippen MR) is 98.4 cm³/mol. The molecule has 2 aromatic heterocycles. The molecule has 2 heterocycles. The Morgan fingerprint density at radius 2 is 1.88 bits per heavy atom. The van der Waals surface area contributed by atoms with Crippen LogP contribution in [0.3, 0.4) is 0 Å². The largest absolute Gasteiger partial charge is 0.497 e. The van der Waals surface area contributed by atoms with E-state index in [4.69, 9.17) is 15.5 Å². The molecule has 0 aliphatic rings. The zero-order valence-corrected chi connectivity index (χ0v) is 14.1. The van der Waals surface area contributed by atoms with Gasteiger partial charge in [-0.05, 0) is 12.1 Å². The average molecular weight is 335 g/mol. The Balaban J connectivity index is 1.94. The highest BCUT2D eigenvalue weighted by molar-refractivity contribution is 7.15. The molecular weight excluding hydrogens is 318 g/mol. The second kappa shape index (κ2) is 6.11. The molecule has 0 radical (unpaired) electrons. The maximum atomic E-state index is 6.08. The van der Waals surface area contributed by atoms with Crippen molar-refractivity contribution in [1.82, 2.24) is 9.38 Å². The van der Waals surface area contributed by atoms with Gasteiger partial charge in [0, 0.05) is 23.1 Å². The van der Waals surface area contributed by atoms with Gasteiger partial charge in [-0.15, -0.1) is 11.3 Å². The van der Waals surface area contributed by atoms with Gasteiger partial charge in [0.2, 0.25) is 0 Å². The van der Waals surface area contributed by atoms with Crippen LogP contribution in [0.2, 0.25) is 0 Å². The van der Waals surface area contributed by atoms with Crippen LogP contribution in [0, 0.1) is 0 Å². The number of imidazole rings is 1. The lowest BCUT2D eigenvalue weighted by Gasteiger charge is -2.07. The highest BCUT2D eigenvalue weighted by atomic mass is 32.1. The molecule has 120 valence electrons. The number of fused-ring (bicyclic) bond motifs is 1. The summed E-state index contributed by atoms with van der Waals surface area (Å²) in [5.74, 6) is 0.838. The molecule has 4 nitrogen and oxygen atoms in total. The summed E-state index contributed by atoms with van der Waals surface area (Å²) in [6, 6.07) is 18.2. The second-order valence-corrected chi connectivity index (χ2v) is 6.28. The van der Waals surface area contributed by atoms with Crippen LogP contribution >= 0.6 is 11.3 Å². The van der Waals surface area contributed by atoms with Crippen LogP contribution in [0.25, 0.3) is 27.5 Å². The Hall–Kier alpha value is -2.63. The Kier molecular flexibility index (Phi) is 3.80. The first-order valence-corrected chi connectivity index (χ1v) is 8.58. The minimum absolute atomic E-state index is 0.430. The molecule has 0 saturated heterocycles. The molecule has 0 atom stereocenters. The fourth-order valence-electron chi connectivity index (χ4n) is 2.91. The summed E-state index contributed by atoms with van der Waals surface area (Å²) in [6.07, 6.45) is 0. The first-order valence-electron chi connectivity index (χ1n) is 7.70. The Morgan fingerprint density at radius 1 is 1.08 bits per heavy atom. The third-order valence-electron chi connectivity index (χ3n) is 4.06. The fraction of sp³-hybridized carbons (Fsp3) is 0.105. The van der Waals surface area contributed by atoms with Crippen LogP contribution in [0.1, 0.15) is 5.69 Å². The smallest absolute Gasteiger partial charge is 0.195 e. The molecule has 0 unspecified atom stereocenters. The first-order chi connectivity index (χ1) is 11.8. The molecular formula is C19H17N3OS. The van der Waals surface area contributed by atoms with E-state index in [0.29, 0.717) is 6.54 Å². The lowest BCUT2D eigenvalue weighted by molar-refractivity contribution is 0.415. The molecule has 24 heavy (non-hydrogen) atoms. The lowest BCUT2D eigenvalue weighted by atomic mass is 10.1. The van der Waals surface area contributed by atoms with Gasteiger partial charge in [-0.2, -0.15) is 0 Å². The zero-order chi connectivity index (χ0) is 16.5. The van der Waals surface area contributed by atoms with Crippen molar-refractivity contribution >= 4 is 16.3 Å². The molecule has 4 rings (SSSR count). The van der Waals surface area contributed by atoms with E-state index < -0.39 is 0 Å². The van der Waals surface area contributed by atoms with Gasteiger partial charge >= 0.3 is 0 Å². The van der Waals surface area contributed by atoms with Crippen molar-refractivity contribution in [3.63, 3.8) is 0 Å². The number of benzene rings is 2. The molecule has 0 aliphatic heterocycles. The Morgan fingerprint density at radius 3 is 2.62 bits per heavy atom. The van der Waals surface area contributed by atoms with Crippen LogP contribution in [0.15, 0.2) is 60.0 Å². The van der Waals surface area contributed by atoms with Crippen LogP contribution in [-0.2, 0) is 6.54 Å². The monoisotopic (exact) mass is 335 g/mol. The summed E-state index contributed by atoms with van der Waals surface area (Å²) in [5.41, 5.74) is 11.3. The van der Waals surface area contributed by atoms with E-state index >= 15 is 0 Å². The number of methoxy groups -OCH3 is 1. The molecule has 2 aromatic carbocycles. The molecule has 0 amide bonds. The maximum absolute atomic E-state index is 6.08. The van der Waals surface area contributed by atoms with Crippen molar-refractivity contribution in [2.75, 3.05) is 7.11 Å². The predicted octanol–water partition coefficient (Wildman–Crippen LogP) is 4.20. The number of nitrogens with zero attached hydrogens (tertiary/aromatic N) is 2. The summed E-state index contributed by atoms with van der Waals surface area (Å²) in [5, 5.41) is 2.12. The van der Waals surface area contributed by atoms with E-state index in [9.17, 15) is 0 Å². The van der Waals surface area contributed by atoms with Crippen molar-refractivity contribution in [2.24, 2.45) is 5.73 Å². The van der Waals surface area contributed by atoms with E-state index in [2.05, 4.69) is 28.0 Å². The fourth-order valence-corrected chi connectivity index (χ4v) is 3.83. The number of hydrogen-bond acceptors (Lipinski definition) is 4. The average Bonchev–Trinajstić information content (AvgIpc) is 3.21. The SMILES string of the molecule is COc1cccc(-c2csc3nc(-c4ccccc4)c(CN)n23)c1. The van der Waals surface area contributed by atoms with E-state index in [1.165, 1.54) is 0 Å². The van der Waals surface area contributed by atoms with Crippen molar-refractivity contribution in [3.05, 3.63) is 65.7 Å². The van der Waals surface area contributed by atoms with E-state index in [0.717, 1.165) is 38.9 Å². The van der Waals surface area contributed by atoms with Crippen LogP contribution in [0.4, 0.5) is 0 Å². The van der Waals surface area contributed by atoms with Gasteiger partial charge in [0.15, 0.2) is 4.96 Å². The summed E-state index contributed by atoms with van der Waals surface area (Å²) in [7, 11) is 1.68. The van der Waals surface area contributed by atoms with E-state index in [1.807, 2.05) is 36.4 Å². The minimum atomic E-state index is 0.430. The van der Waals surface area contributed by atoms with Gasteiger partial charge in [-0.25, -0.2) is 4.98 Å². The lowest BCUT2D eigenvalue weighted by Crippen LogP contribution is -2.03. The van der Waals surface area contributed by atoms with Crippen molar-refractivity contribution in [2.45, 2.75) is 6.54 Å². The highest BCUT2D eigenvalue weighted by Gasteiger charge is 2.17. The summed E-state index contributed by atoms with van der Waals surface area (Å²) in [4.78, 5) is 5.76. The number of nitrogens with two attached hydrogens (primary N) is 1. The van der Waals surface area contributed by atoms with Crippen molar-refractivity contribution in [1.29, 1.82) is 0 Å². The van der Waals surface area contributed by atoms with Gasteiger partial charge < -0.3 is 10.5 Å². The summed E-state index contributed by atoms with van der Waals surface area (Å²) in [6.45, 7) is 0.430. The second-order valence-electron chi connectivity index (χ2n) is 5.45. The zero-order valence-electron chi connectivity index (χ0n) is 13.3. The number of rotatable bonds is 4. The quantitative estimate of drug-likeness (QED) is 0.608. The Labute approximate surface area is 144 Å². The third kappa shape index (κ3) is 2.38.